The van der Waals surface area contributed by atoms with Crippen LogP contribution in [0.25, 0.3) is 0 Å². The molecule has 3 amide bonds. The molecule has 2 aliphatic heterocycles. The summed E-state index contributed by atoms with van der Waals surface area (Å²) in [6.45, 7) is 10.2. The molecule has 3 aromatic carbocycles. The van der Waals surface area contributed by atoms with Gasteiger partial charge < -0.3 is 35.3 Å². The zero-order chi connectivity index (χ0) is 41.9. The van der Waals surface area contributed by atoms with Crippen molar-refractivity contribution >= 4 is 30.4 Å². The fourth-order valence-corrected chi connectivity index (χ4v) is 9.59. The fourth-order valence-electron chi connectivity index (χ4n) is 9.59. The lowest BCUT2D eigenvalue weighted by Crippen LogP contribution is -2.65. The Morgan fingerprint density at radius 2 is 1.73 bits per heavy atom. The van der Waals surface area contributed by atoms with Crippen molar-refractivity contribution in [2.45, 2.75) is 102 Å². The summed E-state index contributed by atoms with van der Waals surface area (Å²) in [5.74, 6) is 1.20. The SMILES string of the molecule is CC[C@H](NC(=O)[C@@H]1C[C@@](C)(NC(=O)Nc2ccc(Oc3ccccc3)cc2)c2ncc(NCc3cccc(C(F)(F)F)c3)c(=O)n21)B1O[C@@H]2C[C@@H]3C[C@@H](C3(C)C)[C@]2(C)O1. The van der Waals surface area contributed by atoms with Crippen LogP contribution in [0, 0.1) is 17.3 Å². The maximum Gasteiger partial charge on any atom is 0.481 e. The van der Waals surface area contributed by atoms with Crippen LogP contribution in [0.4, 0.5) is 29.3 Å². The van der Waals surface area contributed by atoms with Crippen LogP contribution >= 0.6 is 0 Å². The normalized spacial score (nSPS) is 26.8. The fraction of sp³-hybridized carbons (Fsp3) is 0.442. The molecule has 3 aliphatic carbocycles. The lowest BCUT2D eigenvalue weighted by atomic mass is 9.43. The standard InChI is InChI=1S/C43H48BF3N6O6/c1-6-35(44-58-34-21-27-20-33(40(27,2)3)42(34,5)59-44)51-36(54)32-22-41(4,52-39(56)50-28-15-17-30(18-16-28)57-29-13-8-7-9-14-29)38-49-24-31(37(55)53(32)38)48-23-25-11-10-12-26(19-25)43(45,46)47/h7-19,24,27,32-35,48H,6,20-23H2,1-5H3,(H,51,54)(H2,50,52,56)/t27-,32-,33-,34+,35-,41+,42-/m0/s1. The monoisotopic (exact) mass is 812 g/mol. The number of nitrogens with one attached hydrogen (secondary N) is 4. The van der Waals surface area contributed by atoms with Gasteiger partial charge in [-0.2, -0.15) is 13.2 Å². The van der Waals surface area contributed by atoms with Gasteiger partial charge in [0.2, 0.25) is 5.91 Å². The molecule has 4 N–H and O–H groups in total. The smallest absolute Gasteiger partial charge is 0.457 e. The number of para-hydroxylation sites is 1. The lowest BCUT2D eigenvalue weighted by molar-refractivity contribution is -0.199. The predicted octanol–water partition coefficient (Wildman–Crippen LogP) is 7.81. The van der Waals surface area contributed by atoms with Crippen molar-refractivity contribution in [3.05, 3.63) is 112 Å². The number of fused-ring (bicyclic) bond motifs is 1. The highest BCUT2D eigenvalue weighted by Crippen LogP contribution is 2.65. The van der Waals surface area contributed by atoms with Crippen LogP contribution in [0.5, 0.6) is 11.5 Å². The number of amides is 3. The number of hydrogen-bond acceptors (Lipinski definition) is 8. The number of halogens is 3. The summed E-state index contributed by atoms with van der Waals surface area (Å²) in [6.07, 6.45) is -0.955. The summed E-state index contributed by atoms with van der Waals surface area (Å²) in [7, 11) is -0.704. The van der Waals surface area contributed by atoms with Crippen molar-refractivity contribution in [2.75, 3.05) is 10.6 Å². The van der Waals surface area contributed by atoms with Gasteiger partial charge in [-0.3, -0.25) is 14.2 Å². The molecule has 1 aromatic heterocycles. The second-order valence-corrected chi connectivity index (χ2v) is 17.2. The Labute approximate surface area is 340 Å². The minimum atomic E-state index is -4.53. The first-order chi connectivity index (χ1) is 28.0. The van der Waals surface area contributed by atoms with E-state index in [1.807, 2.05) is 37.3 Å². The molecule has 0 spiro atoms. The minimum absolute atomic E-state index is 0.0245. The Kier molecular flexibility index (Phi) is 10.3. The minimum Gasteiger partial charge on any atom is -0.457 e. The predicted molar refractivity (Wildman–Crippen MR) is 216 cm³/mol. The number of carbonyl (C=O) groups excluding carboxylic acids is 2. The molecule has 9 rings (SSSR count). The molecule has 0 radical (unpaired) electrons. The summed E-state index contributed by atoms with van der Waals surface area (Å²) in [6, 6.07) is 19.1. The molecule has 0 unspecified atom stereocenters. The molecule has 4 fully saturated rings. The molecule has 3 saturated carbocycles. The maximum atomic E-state index is 14.4. The number of anilines is 2. The summed E-state index contributed by atoms with van der Waals surface area (Å²) in [5.41, 5.74) is -2.37. The van der Waals surface area contributed by atoms with E-state index in [0.29, 0.717) is 41.0 Å². The molecule has 7 atom stereocenters. The van der Waals surface area contributed by atoms with Crippen LogP contribution in [-0.2, 0) is 32.4 Å². The Morgan fingerprint density at radius 1 is 1.00 bits per heavy atom. The van der Waals surface area contributed by atoms with Gasteiger partial charge >= 0.3 is 19.3 Å². The number of urea groups is 1. The van der Waals surface area contributed by atoms with E-state index in [1.54, 1.807) is 31.2 Å². The first-order valence-corrected chi connectivity index (χ1v) is 20.1. The molecule has 5 aliphatic rings. The summed E-state index contributed by atoms with van der Waals surface area (Å²) in [4.78, 5) is 46.9. The number of aromatic nitrogens is 2. The van der Waals surface area contributed by atoms with Crippen LogP contribution in [0.1, 0.15) is 83.3 Å². The molecule has 4 aromatic rings. The van der Waals surface area contributed by atoms with Gasteiger partial charge in [0.1, 0.15) is 29.1 Å². The Hall–Kier alpha value is -5.35. The van der Waals surface area contributed by atoms with E-state index in [2.05, 4.69) is 47.0 Å². The van der Waals surface area contributed by atoms with Crippen LogP contribution in [0.15, 0.2) is 89.9 Å². The van der Waals surface area contributed by atoms with Gasteiger partial charge in [0, 0.05) is 18.7 Å². The van der Waals surface area contributed by atoms with Gasteiger partial charge in [-0.1, -0.05) is 51.1 Å². The largest absolute Gasteiger partial charge is 0.481 e. The average molecular weight is 813 g/mol. The second kappa shape index (κ2) is 15.0. The zero-order valence-electron chi connectivity index (χ0n) is 33.6. The van der Waals surface area contributed by atoms with Gasteiger partial charge in [0.05, 0.1) is 34.9 Å². The van der Waals surface area contributed by atoms with Crippen LogP contribution in [0.3, 0.4) is 0 Å². The summed E-state index contributed by atoms with van der Waals surface area (Å²) in [5, 5.41) is 11.8. The molecular formula is C43H48BF3N6O6. The number of alkyl halides is 3. The van der Waals surface area contributed by atoms with Gasteiger partial charge in [0.15, 0.2) is 0 Å². The summed E-state index contributed by atoms with van der Waals surface area (Å²) >= 11 is 0. The third-order valence-corrected chi connectivity index (χ3v) is 13.0. The quantitative estimate of drug-likeness (QED) is 0.112. The molecule has 16 heteroatoms. The zero-order valence-corrected chi connectivity index (χ0v) is 33.6. The molecule has 310 valence electrons. The summed E-state index contributed by atoms with van der Waals surface area (Å²) < 4.78 is 60.6. The highest BCUT2D eigenvalue weighted by atomic mass is 19.4. The van der Waals surface area contributed by atoms with E-state index in [1.165, 1.54) is 22.9 Å². The van der Waals surface area contributed by atoms with Crippen LogP contribution in [0.2, 0.25) is 0 Å². The number of nitrogens with zero attached hydrogens (tertiary/aromatic N) is 2. The lowest BCUT2D eigenvalue weighted by Gasteiger charge is -2.64. The van der Waals surface area contributed by atoms with E-state index in [0.717, 1.165) is 25.0 Å². The molecule has 12 nitrogen and oxygen atoms in total. The first kappa shape index (κ1) is 40.4. The Balaban J connectivity index is 1.02. The van der Waals surface area contributed by atoms with Gasteiger partial charge in [0.25, 0.3) is 5.56 Å². The van der Waals surface area contributed by atoms with E-state index < -0.39 is 59.5 Å². The number of ether oxygens (including phenoxy) is 1. The number of carbonyl (C=O) groups is 2. The number of hydrogen-bond donors (Lipinski definition) is 4. The number of benzene rings is 3. The second-order valence-electron chi connectivity index (χ2n) is 17.2. The van der Waals surface area contributed by atoms with Crippen molar-refractivity contribution in [1.29, 1.82) is 0 Å². The van der Waals surface area contributed by atoms with Gasteiger partial charge in [-0.25, -0.2) is 9.78 Å². The molecular weight excluding hydrogens is 764 g/mol. The van der Waals surface area contributed by atoms with E-state index >= 15 is 0 Å². The first-order valence-electron chi connectivity index (χ1n) is 20.1. The average Bonchev–Trinajstić information content (AvgIpc) is 3.71. The van der Waals surface area contributed by atoms with Crippen LogP contribution < -0.4 is 31.6 Å². The van der Waals surface area contributed by atoms with Crippen LogP contribution in [-0.4, -0.2) is 46.3 Å². The van der Waals surface area contributed by atoms with Crippen molar-refractivity contribution in [1.82, 2.24) is 20.2 Å². The number of rotatable bonds is 11. The van der Waals surface area contributed by atoms with E-state index in [4.69, 9.17) is 14.0 Å². The molecule has 2 bridgehead atoms. The van der Waals surface area contributed by atoms with Crippen molar-refractivity contribution < 1.29 is 36.8 Å². The topological polar surface area (TPSA) is 145 Å². The molecule has 59 heavy (non-hydrogen) atoms. The highest BCUT2D eigenvalue weighted by Gasteiger charge is 2.68. The van der Waals surface area contributed by atoms with Gasteiger partial charge in [-0.15, -0.1) is 0 Å². The van der Waals surface area contributed by atoms with Crippen molar-refractivity contribution in [3.8, 4) is 11.5 Å². The van der Waals surface area contributed by atoms with E-state index in [-0.39, 0.29) is 36.0 Å². The maximum absolute atomic E-state index is 14.4. The van der Waals surface area contributed by atoms with Gasteiger partial charge in [-0.05, 0) is 104 Å². The Bertz CT molecular complexity index is 2290. The molecule has 1 saturated heterocycles. The third-order valence-electron chi connectivity index (χ3n) is 13.0. The van der Waals surface area contributed by atoms with E-state index in [9.17, 15) is 27.6 Å². The Morgan fingerprint density at radius 3 is 2.42 bits per heavy atom. The third kappa shape index (κ3) is 7.56. The van der Waals surface area contributed by atoms with Crippen molar-refractivity contribution in [3.63, 3.8) is 0 Å². The molecule has 3 heterocycles. The highest BCUT2D eigenvalue weighted by molar-refractivity contribution is 6.47. The van der Waals surface area contributed by atoms with Crippen molar-refractivity contribution in [2.24, 2.45) is 17.3 Å².